The first-order valence-corrected chi connectivity index (χ1v) is 8.76. The van der Waals surface area contributed by atoms with Crippen LogP contribution in [0.2, 0.25) is 0 Å². The van der Waals surface area contributed by atoms with Crippen molar-refractivity contribution in [3.63, 3.8) is 0 Å². The van der Waals surface area contributed by atoms with Gasteiger partial charge in [-0.05, 0) is 81.0 Å². The third-order valence-electron chi connectivity index (χ3n) is 4.06. The van der Waals surface area contributed by atoms with Crippen LogP contribution in [-0.2, 0) is 6.18 Å². The molecule has 0 atom stereocenters. The molecule has 3 nitrogen and oxygen atoms in total. The Bertz CT molecular complexity index is 754. The molecule has 26 heavy (non-hydrogen) atoms. The molecule has 2 aromatic carbocycles. The first-order chi connectivity index (χ1) is 12.2. The Balaban J connectivity index is 2.03. The van der Waals surface area contributed by atoms with Gasteiger partial charge in [0.15, 0.2) is 5.11 Å². The number of thiocarbonyl (C=S) groups is 1. The van der Waals surface area contributed by atoms with E-state index in [2.05, 4.69) is 35.4 Å². The number of hydrogen-bond acceptors (Lipinski definition) is 2. The fraction of sp³-hybridized carbons (Fsp3) is 0.316. The average molecular weight is 381 g/mol. The van der Waals surface area contributed by atoms with Gasteiger partial charge in [-0.15, -0.1) is 0 Å². The van der Waals surface area contributed by atoms with Crippen molar-refractivity contribution < 1.29 is 13.2 Å². The van der Waals surface area contributed by atoms with E-state index in [0.29, 0.717) is 10.8 Å². The highest BCUT2D eigenvalue weighted by atomic mass is 32.1. The predicted octanol–water partition coefficient (Wildman–Crippen LogP) is 5.67. The summed E-state index contributed by atoms with van der Waals surface area (Å²) in [4.78, 5) is 2.25. The number of benzene rings is 2. The first kappa shape index (κ1) is 20.0. The molecule has 0 saturated heterocycles. The molecule has 0 aliphatic heterocycles. The summed E-state index contributed by atoms with van der Waals surface area (Å²) in [5, 5.41) is 6.31. The Morgan fingerprint density at radius 1 is 1.00 bits per heavy atom. The SMILES string of the molecule is CCN(CC)c1ccc(NC(=S)Nc2ccc(C(F)(F)F)cc2)c(C)c1. The lowest BCUT2D eigenvalue weighted by atomic mass is 10.1. The number of rotatable bonds is 5. The smallest absolute Gasteiger partial charge is 0.372 e. The number of alkyl halides is 3. The highest BCUT2D eigenvalue weighted by Gasteiger charge is 2.29. The van der Waals surface area contributed by atoms with Gasteiger partial charge in [0.2, 0.25) is 0 Å². The van der Waals surface area contributed by atoms with Gasteiger partial charge in [-0.2, -0.15) is 13.2 Å². The van der Waals surface area contributed by atoms with Crippen molar-refractivity contribution in [2.75, 3.05) is 28.6 Å². The van der Waals surface area contributed by atoms with Crippen molar-refractivity contribution in [2.45, 2.75) is 26.9 Å². The molecule has 0 aliphatic carbocycles. The second-order valence-electron chi connectivity index (χ2n) is 5.83. The Morgan fingerprint density at radius 2 is 1.62 bits per heavy atom. The molecule has 140 valence electrons. The van der Waals surface area contributed by atoms with Crippen LogP contribution in [0.4, 0.5) is 30.2 Å². The van der Waals surface area contributed by atoms with Gasteiger partial charge in [0.25, 0.3) is 0 Å². The summed E-state index contributed by atoms with van der Waals surface area (Å²) < 4.78 is 37.8. The molecule has 0 amide bonds. The third kappa shape index (κ3) is 5.11. The van der Waals surface area contributed by atoms with E-state index in [1.54, 1.807) is 0 Å². The highest BCUT2D eigenvalue weighted by molar-refractivity contribution is 7.80. The monoisotopic (exact) mass is 381 g/mol. The predicted molar refractivity (Wildman–Crippen MR) is 106 cm³/mol. The summed E-state index contributed by atoms with van der Waals surface area (Å²) >= 11 is 5.26. The lowest BCUT2D eigenvalue weighted by molar-refractivity contribution is -0.137. The molecule has 0 heterocycles. The van der Waals surface area contributed by atoms with E-state index in [-0.39, 0.29) is 0 Å². The van der Waals surface area contributed by atoms with Gasteiger partial charge in [-0.25, -0.2) is 0 Å². The van der Waals surface area contributed by atoms with Crippen LogP contribution >= 0.6 is 12.2 Å². The van der Waals surface area contributed by atoms with Crippen LogP contribution in [0.15, 0.2) is 42.5 Å². The summed E-state index contributed by atoms with van der Waals surface area (Å²) in [6.07, 6.45) is -4.35. The van der Waals surface area contributed by atoms with Gasteiger partial charge in [-0.3, -0.25) is 0 Å². The van der Waals surface area contributed by atoms with Crippen molar-refractivity contribution >= 4 is 34.4 Å². The zero-order chi connectivity index (χ0) is 19.3. The van der Waals surface area contributed by atoms with E-state index >= 15 is 0 Å². The van der Waals surface area contributed by atoms with Crippen LogP contribution in [0.25, 0.3) is 0 Å². The molecule has 0 radical (unpaired) electrons. The minimum absolute atomic E-state index is 0.323. The van der Waals surface area contributed by atoms with Crippen LogP contribution in [0, 0.1) is 6.92 Å². The topological polar surface area (TPSA) is 27.3 Å². The van der Waals surface area contributed by atoms with E-state index in [1.807, 2.05) is 19.1 Å². The minimum Gasteiger partial charge on any atom is -0.372 e. The van der Waals surface area contributed by atoms with E-state index in [0.717, 1.165) is 42.2 Å². The number of hydrogen-bond donors (Lipinski definition) is 2. The zero-order valence-electron chi connectivity index (χ0n) is 14.9. The molecule has 0 fully saturated rings. The maximum absolute atomic E-state index is 12.6. The Labute approximate surface area is 157 Å². The number of aryl methyl sites for hydroxylation is 1. The van der Waals surface area contributed by atoms with Crippen LogP contribution < -0.4 is 15.5 Å². The summed E-state index contributed by atoms with van der Waals surface area (Å²) in [5.41, 5.74) is 2.83. The Hall–Kier alpha value is -2.28. The molecular formula is C19H22F3N3S. The highest BCUT2D eigenvalue weighted by Crippen LogP contribution is 2.30. The Kier molecular flexibility index (Phi) is 6.47. The molecule has 0 unspecified atom stereocenters. The van der Waals surface area contributed by atoms with Crippen molar-refractivity contribution in [3.8, 4) is 0 Å². The van der Waals surface area contributed by atoms with Crippen molar-refractivity contribution in [2.24, 2.45) is 0 Å². The fourth-order valence-corrected chi connectivity index (χ4v) is 2.83. The van der Waals surface area contributed by atoms with E-state index in [9.17, 15) is 13.2 Å². The third-order valence-corrected chi connectivity index (χ3v) is 4.26. The van der Waals surface area contributed by atoms with Crippen LogP contribution in [0.3, 0.4) is 0 Å². The zero-order valence-corrected chi connectivity index (χ0v) is 15.8. The van der Waals surface area contributed by atoms with E-state index in [1.165, 1.54) is 12.1 Å². The standard InChI is InChI=1S/C19H22F3N3S/c1-4-25(5-2)16-10-11-17(13(3)12-16)24-18(26)23-15-8-6-14(7-9-15)19(20,21)22/h6-12H,4-5H2,1-3H3,(H2,23,24,26). The lowest BCUT2D eigenvalue weighted by Gasteiger charge is -2.22. The maximum Gasteiger partial charge on any atom is 0.416 e. The van der Waals surface area contributed by atoms with Gasteiger partial charge in [0.05, 0.1) is 5.56 Å². The summed E-state index contributed by atoms with van der Waals surface area (Å²) in [7, 11) is 0. The molecule has 0 saturated carbocycles. The van der Waals surface area contributed by atoms with Crippen LogP contribution in [0.1, 0.15) is 25.0 Å². The van der Waals surface area contributed by atoms with Crippen LogP contribution in [-0.4, -0.2) is 18.2 Å². The summed E-state index contributed by atoms with van der Waals surface area (Å²) in [5.74, 6) is 0. The summed E-state index contributed by atoms with van der Waals surface area (Å²) in [6, 6.07) is 10.8. The van der Waals surface area contributed by atoms with E-state index < -0.39 is 11.7 Å². The molecular weight excluding hydrogens is 359 g/mol. The first-order valence-electron chi connectivity index (χ1n) is 8.35. The van der Waals surface area contributed by atoms with Crippen molar-refractivity contribution in [3.05, 3.63) is 53.6 Å². The maximum atomic E-state index is 12.6. The number of nitrogens with zero attached hydrogens (tertiary/aromatic N) is 1. The molecule has 7 heteroatoms. The molecule has 2 aromatic rings. The van der Waals surface area contributed by atoms with E-state index in [4.69, 9.17) is 12.2 Å². The largest absolute Gasteiger partial charge is 0.416 e. The molecule has 0 spiro atoms. The molecule has 0 aromatic heterocycles. The second-order valence-corrected chi connectivity index (χ2v) is 6.23. The minimum atomic E-state index is -4.35. The molecule has 2 N–H and O–H groups in total. The molecule has 2 rings (SSSR count). The number of halogens is 3. The van der Waals surface area contributed by atoms with Gasteiger partial charge in [-0.1, -0.05) is 0 Å². The summed E-state index contributed by atoms with van der Waals surface area (Å²) in [6.45, 7) is 8.05. The lowest BCUT2D eigenvalue weighted by Crippen LogP contribution is -2.22. The van der Waals surface area contributed by atoms with Crippen molar-refractivity contribution in [1.29, 1.82) is 0 Å². The number of anilines is 3. The normalized spacial score (nSPS) is 11.2. The van der Waals surface area contributed by atoms with Gasteiger partial charge >= 0.3 is 6.18 Å². The Morgan fingerprint density at radius 3 is 2.12 bits per heavy atom. The average Bonchev–Trinajstić information content (AvgIpc) is 2.58. The molecule has 0 bridgehead atoms. The second kappa shape index (κ2) is 8.40. The number of nitrogens with one attached hydrogen (secondary N) is 2. The fourth-order valence-electron chi connectivity index (χ4n) is 2.60. The van der Waals surface area contributed by atoms with Gasteiger partial charge in [0.1, 0.15) is 0 Å². The van der Waals surface area contributed by atoms with Gasteiger partial charge in [0, 0.05) is 30.2 Å². The van der Waals surface area contributed by atoms with Gasteiger partial charge < -0.3 is 15.5 Å². The van der Waals surface area contributed by atoms with Crippen LogP contribution in [0.5, 0.6) is 0 Å². The quantitative estimate of drug-likeness (QED) is 0.653. The van der Waals surface area contributed by atoms with Crippen molar-refractivity contribution in [1.82, 2.24) is 0 Å². The molecule has 0 aliphatic rings.